The van der Waals surface area contributed by atoms with E-state index in [1.807, 2.05) is 44.2 Å². The molecule has 8 heteroatoms. The van der Waals surface area contributed by atoms with Gasteiger partial charge in [-0.1, -0.05) is 44.2 Å². The minimum Gasteiger partial charge on any atom is -0.368 e. The molecule has 0 heterocycles. The number of primary amides is 1. The molecule has 1 rings (SSSR count). The Bertz CT molecular complexity index is 781. The van der Waals surface area contributed by atoms with E-state index in [-0.39, 0.29) is 30.1 Å². The summed E-state index contributed by atoms with van der Waals surface area (Å²) in [6, 6.07) is 6.99. The molecule has 1 aromatic rings. The van der Waals surface area contributed by atoms with Crippen molar-refractivity contribution in [1.82, 2.24) is 14.7 Å². The lowest BCUT2D eigenvalue weighted by Crippen LogP contribution is -2.57. The smallest absolute Gasteiger partial charge is 0.246 e. The van der Waals surface area contributed by atoms with E-state index in [0.717, 1.165) is 5.56 Å². The summed E-state index contributed by atoms with van der Waals surface area (Å²) in [5.74, 6) is -1.41. The molecule has 2 N–H and O–H groups in total. The van der Waals surface area contributed by atoms with Crippen LogP contribution in [0.4, 0.5) is 0 Å². The summed E-state index contributed by atoms with van der Waals surface area (Å²) in [7, 11) is 4.64. The van der Waals surface area contributed by atoms with Gasteiger partial charge in [0.05, 0.1) is 0 Å². The molecule has 0 aliphatic heterocycles. The Labute approximate surface area is 185 Å². The second-order valence-corrected chi connectivity index (χ2v) is 8.46. The molecule has 172 valence electrons. The Hall–Kier alpha value is -2.90. The highest BCUT2D eigenvalue weighted by atomic mass is 16.2. The Morgan fingerprint density at radius 2 is 1.35 bits per heavy atom. The lowest BCUT2D eigenvalue weighted by molar-refractivity contribution is -0.150. The Balaban J connectivity index is 3.26. The molecule has 0 radical (unpaired) electrons. The average Bonchev–Trinajstić information content (AvgIpc) is 2.73. The fourth-order valence-corrected chi connectivity index (χ4v) is 3.41. The number of amides is 4. The van der Waals surface area contributed by atoms with Gasteiger partial charge in [0.1, 0.15) is 18.1 Å². The van der Waals surface area contributed by atoms with E-state index in [1.165, 1.54) is 21.6 Å². The second-order valence-electron chi connectivity index (χ2n) is 8.46. The van der Waals surface area contributed by atoms with E-state index in [4.69, 9.17) is 5.73 Å². The number of hydrogen-bond donors (Lipinski definition) is 1. The topological polar surface area (TPSA) is 104 Å². The molecule has 0 saturated heterocycles. The van der Waals surface area contributed by atoms with Gasteiger partial charge >= 0.3 is 0 Å². The summed E-state index contributed by atoms with van der Waals surface area (Å²) in [4.78, 5) is 54.4. The van der Waals surface area contributed by atoms with Gasteiger partial charge in [-0.25, -0.2) is 0 Å². The lowest BCUT2D eigenvalue weighted by atomic mass is 9.99. The van der Waals surface area contributed by atoms with Crippen LogP contribution in [0, 0.1) is 5.92 Å². The van der Waals surface area contributed by atoms with Crippen LogP contribution in [0.25, 0.3) is 0 Å². The predicted octanol–water partition coefficient (Wildman–Crippen LogP) is 1.28. The van der Waals surface area contributed by atoms with Crippen LogP contribution in [0.3, 0.4) is 0 Å². The zero-order valence-corrected chi connectivity index (χ0v) is 19.7. The van der Waals surface area contributed by atoms with E-state index in [1.54, 1.807) is 28.1 Å². The quantitative estimate of drug-likeness (QED) is 0.601. The number of nitrogens with two attached hydrogens (primary N) is 1. The Morgan fingerprint density at radius 1 is 0.839 bits per heavy atom. The van der Waals surface area contributed by atoms with Gasteiger partial charge in [0.25, 0.3) is 0 Å². The van der Waals surface area contributed by atoms with Crippen LogP contribution < -0.4 is 5.73 Å². The molecule has 0 unspecified atom stereocenters. The van der Waals surface area contributed by atoms with Crippen molar-refractivity contribution in [3.8, 4) is 0 Å². The maximum absolute atomic E-state index is 13.5. The molecule has 0 saturated carbocycles. The molecule has 0 aromatic heterocycles. The molecule has 1 aromatic carbocycles. The molecule has 0 aliphatic carbocycles. The standard InChI is InChI=1S/C23H36N4O4/c1-15(2)13-19(21(24)29)26(6)23(31)20(14-18-11-9-8-10-12-18)27(7)22(30)16(3)25(5)17(4)28/h8-12,15-16,19-20H,13-14H2,1-7H3,(H2,24,29)/t16-,19-,20-/m0/s1. The molecule has 0 bridgehead atoms. The number of nitrogens with zero attached hydrogens (tertiary/aromatic N) is 3. The fraction of sp³-hybridized carbons (Fsp3) is 0.565. The van der Waals surface area contributed by atoms with Crippen LogP contribution in [0.15, 0.2) is 30.3 Å². The van der Waals surface area contributed by atoms with E-state index in [2.05, 4.69) is 0 Å². The van der Waals surface area contributed by atoms with Gasteiger partial charge in [-0.2, -0.15) is 0 Å². The summed E-state index contributed by atoms with van der Waals surface area (Å²) in [6.45, 7) is 6.90. The summed E-state index contributed by atoms with van der Waals surface area (Å²) >= 11 is 0. The Kier molecular flexibility index (Phi) is 9.68. The highest BCUT2D eigenvalue weighted by Gasteiger charge is 2.36. The first-order valence-electron chi connectivity index (χ1n) is 10.5. The highest BCUT2D eigenvalue weighted by molar-refractivity contribution is 5.93. The minimum absolute atomic E-state index is 0.156. The van der Waals surface area contributed by atoms with Crippen molar-refractivity contribution in [2.24, 2.45) is 11.7 Å². The van der Waals surface area contributed by atoms with Crippen molar-refractivity contribution in [1.29, 1.82) is 0 Å². The monoisotopic (exact) mass is 432 g/mol. The number of carbonyl (C=O) groups excluding carboxylic acids is 4. The Morgan fingerprint density at radius 3 is 1.81 bits per heavy atom. The first-order valence-corrected chi connectivity index (χ1v) is 10.5. The number of benzene rings is 1. The molecule has 8 nitrogen and oxygen atoms in total. The largest absolute Gasteiger partial charge is 0.368 e. The van der Waals surface area contributed by atoms with Crippen molar-refractivity contribution >= 4 is 23.6 Å². The zero-order valence-electron chi connectivity index (χ0n) is 19.7. The maximum atomic E-state index is 13.5. The van der Waals surface area contributed by atoms with E-state index >= 15 is 0 Å². The van der Waals surface area contributed by atoms with Gasteiger partial charge in [-0.05, 0) is 24.8 Å². The number of likely N-dealkylation sites (N-methyl/N-ethyl adjacent to an activating group) is 3. The van der Waals surface area contributed by atoms with Gasteiger partial charge in [0.15, 0.2) is 0 Å². The van der Waals surface area contributed by atoms with Crippen LogP contribution in [0.1, 0.15) is 39.7 Å². The van der Waals surface area contributed by atoms with E-state index in [0.29, 0.717) is 6.42 Å². The van der Waals surface area contributed by atoms with Gasteiger partial charge in [0, 0.05) is 34.5 Å². The minimum atomic E-state index is -0.850. The molecule has 0 spiro atoms. The number of carbonyl (C=O) groups is 4. The summed E-state index contributed by atoms with van der Waals surface area (Å²) < 4.78 is 0. The van der Waals surface area contributed by atoms with Crippen molar-refractivity contribution in [2.75, 3.05) is 21.1 Å². The van der Waals surface area contributed by atoms with E-state index in [9.17, 15) is 19.2 Å². The summed E-state index contributed by atoms with van der Waals surface area (Å²) in [5, 5.41) is 0. The average molecular weight is 433 g/mol. The van der Waals surface area contributed by atoms with Gasteiger partial charge in [0.2, 0.25) is 23.6 Å². The lowest BCUT2D eigenvalue weighted by Gasteiger charge is -2.36. The summed E-state index contributed by atoms with van der Waals surface area (Å²) in [6.07, 6.45) is 0.701. The number of rotatable bonds is 10. The van der Waals surface area contributed by atoms with Crippen LogP contribution >= 0.6 is 0 Å². The molecule has 0 fully saturated rings. The van der Waals surface area contributed by atoms with Crippen molar-refractivity contribution in [3.05, 3.63) is 35.9 Å². The van der Waals surface area contributed by atoms with Gasteiger partial charge in [-0.3, -0.25) is 19.2 Å². The molecule has 4 amide bonds. The maximum Gasteiger partial charge on any atom is 0.246 e. The third-order valence-corrected chi connectivity index (χ3v) is 5.65. The van der Waals surface area contributed by atoms with Crippen molar-refractivity contribution < 1.29 is 19.2 Å². The van der Waals surface area contributed by atoms with Crippen molar-refractivity contribution in [2.45, 2.75) is 58.7 Å². The molecule has 3 atom stereocenters. The third kappa shape index (κ3) is 7.08. The fourth-order valence-electron chi connectivity index (χ4n) is 3.41. The SMILES string of the molecule is CC(=O)N(C)[C@@H](C)C(=O)N(C)[C@@H](Cc1ccccc1)C(=O)N(C)[C@@H](CC(C)C)C(N)=O. The highest BCUT2D eigenvalue weighted by Crippen LogP contribution is 2.17. The van der Waals surface area contributed by atoms with Gasteiger partial charge in [-0.15, -0.1) is 0 Å². The first-order chi connectivity index (χ1) is 14.4. The van der Waals surface area contributed by atoms with Crippen LogP contribution in [-0.4, -0.2) is 77.6 Å². The van der Waals surface area contributed by atoms with Crippen LogP contribution in [0.5, 0.6) is 0 Å². The first kappa shape index (κ1) is 26.1. The van der Waals surface area contributed by atoms with Gasteiger partial charge < -0.3 is 20.4 Å². The number of hydrogen-bond acceptors (Lipinski definition) is 4. The predicted molar refractivity (Wildman–Crippen MR) is 120 cm³/mol. The molecule has 0 aliphatic rings. The normalized spacial score (nSPS) is 13.8. The second kappa shape index (κ2) is 11.5. The third-order valence-electron chi connectivity index (χ3n) is 5.65. The zero-order chi connectivity index (χ0) is 23.9. The molecular weight excluding hydrogens is 396 g/mol. The van der Waals surface area contributed by atoms with E-state index < -0.39 is 24.0 Å². The summed E-state index contributed by atoms with van der Waals surface area (Å²) in [5.41, 5.74) is 6.45. The molecule has 31 heavy (non-hydrogen) atoms. The molecular formula is C23H36N4O4. The van der Waals surface area contributed by atoms with Crippen molar-refractivity contribution in [3.63, 3.8) is 0 Å². The van der Waals surface area contributed by atoms with Crippen LogP contribution in [-0.2, 0) is 25.6 Å². The van der Waals surface area contributed by atoms with Crippen LogP contribution in [0.2, 0.25) is 0 Å².